The maximum absolute atomic E-state index is 11.2. The number of nitrogens with two attached hydrogens (primary N) is 1. The summed E-state index contributed by atoms with van der Waals surface area (Å²) in [6, 6.07) is 7.89. The monoisotopic (exact) mass is 311 g/mol. The highest BCUT2D eigenvalue weighted by Gasteiger charge is 2.27. The molecule has 3 N–H and O–H groups in total. The maximum atomic E-state index is 11.2. The average Bonchev–Trinajstić information content (AvgIpc) is 2.48. The van der Waals surface area contributed by atoms with Crippen molar-refractivity contribution in [2.24, 2.45) is 5.73 Å². The second-order valence-corrected chi connectivity index (χ2v) is 5.78. The number of hydrogen-bond donors (Lipinski definition) is 2. The van der Waals surface area contributed by atoms with Crippen LogP contribution in [0, 0.1) is 0 Å². The summed E-state index contributed by atoms with van der Waals surface area (Å²) in [4.78, 5) is 14.9. The molecule has 0 aromatic heterocycles. The Bertz CT molecular complexity index is 484. The van der Waals surface area contributed by atoms with Crippen LogP contribution in [-0.2, 0) is 0 Å². The van der Waals surface area contributed by atoms with Gasteiger partial charge in [-0.25, -0.2) is 4.79 Å². The van der Waals surface area contributed by atoms with E-state index in [4.69, 9.17) is 17.3 Å². The lowest BCUT2D eigenvalue weighted by Gasteiger charge is -2.39. The number of rotatable bonds is 5. The molecule has 6 heteroatoms. The van der Waals surface area contributed by atoms with Crippen LogP contribution in [0.5, 0.6) is 0 Å². The highest BCUT2D eigenvalue weighted by atomic mass is 35.5. The van der Waals surface area contributed by atoms with E-state index in [2.05, 4.69) is 4.90 Å². The molecule has 21 heavy (non-hydrogen) atoms. The SMILES string of the molecule is NCCCN(c1cccc(Cl)c1)C1CCCN(C(=O)O)C1. The smallest absolute Gasteiger partial charge is 0.407 e. The largest absolute Gasteiger partial charge is 0.465 e. The van der Waals surface area contributed by atoms with Gasteiger partial charge in [0.25, 0.3) is 0 Å². The molecule has 1 unspecified atom stereocenters. The summed E-state index contributed by atoms with van der Waals surface area (Å²) in [5, 5.41) is 9.89. The van der Waals surface area contributed by atoms with E-state index < -0.39 is 6.09 Å². The van der Waals surface area contributed by atoms with Gasteiger partial charge in [-0.3, -0.25) is 0 Å². The minimum Gasteiger partial charge on any atom is -0.465 e. The second kappa shape index (κ2) is 7.52. The molecule has 1 fully saturated rings. The Morgan fingerprint density at radius 3 is 3.00 bits per heavy atom. The maximum Gasteiger partial charge on any atom is 0.407 e. The number of piperidine rings is 1. The van der Waals surface area contributed by atoms with Crippen molar-refractivity contribution in [1.82, 2.24) is 4.90 Å². The summed E-state index contributed by atoms with van der Waals surface area (Å²) in [6.07, 6.45) is 1.90. The van der Waals surface area contributed by atoms with Crippen molar-refractivity contribution in [3.8, 4) is 0 Å². The van der Waals surface area contributed by atoms with E-state index in [0.29, 0.717) is 24.7 Å². The molecule has 1 saturated heterocycles. The van der Waals surface area contributed by atoms with E-state index in [9.17, 15) is 9.90 Å². The highest BCUT2D eigenvalue weighted by Crippen LogP contribution is 2.25. The van der Waals surface area contributed by atoms with Crippen molar-refractivity contribution in [3.63, 3.8) is 0 Å². The van der Waals surface area contributed by atoms with Crippen molar-refractivity contribution in [2.75, 3.05) is 31.1 Å². The fourth-order valence-electron chi connectivity index (χ4n) is 2.82. The quantitative estimate of drug-likeness (QED) is 0.877. The van der Waals surface area contributed by atoms with Crippen LogP contribution < -0.4 is 10.6 Å². The number of carbonyl (C=O) groups is 1. The molecule has 116 valence electrons. The Kier molecular flexibility index (Phi) is 5.70. The van der Waals surface area contributed by atoms with Crippen molar-refractivity contribution in [2.45, 2.75) is 25.3 Å². The summed E-state index contributed by atoms with van der Waals surface area (Å²) in [6.45, 7) is 2.58. The van der Waals surface area contributed by atoms with Gasteiger partial charge in [0.1, 0.15) is 0 Å². The van der Waals surface area contributed by atoms with Gasteiger partial charge in [0.2, 0.25) is 0 Å². The average molecular weight is 312 g/mol. The first-order valence-corrected chi connectivity index (χ1v) is 7.69. The van der Waals surface area contributed by atoms with Crippen molar-refractivity contribution >= 4 is 23.4 Å². The zero-order chi connectivity index (χ0) is 15.2. The molecule has 1 aromatic carbocycles. The van der Waals surface area contributed by atoms with E-state index in [-0.39, 0.29) is 6.04 Å². The fraction of sp³-hybridized carbons (Fsp3) is 0.533. The van der Waals surface area contributed by atoms with Gasteiger partial charge in [0.15, 0.2) is 0 Å². The Morgan fingerprint density at radius 1 is 1.52 bits per heavy atom. The predicted molar refractivity (Wildman–Crippen MR) is 85.1 cm³/mol. The molecule has 1 amide bonds. The van der Waals surface area contributed by atoms with Gasteiger partial charge in [-0.05, 0) is 44.0 Å². The first-order chi connectivity index (χ1) is 10.1. The number of hydrogen-bond acceptors (Lipinski definition) is 3. The lowest BCUT2D eigenvalue weighted by atomic mass is 10.0. The first-order valence-electron chi connectivity index (χ1n) is 7.32. The molecule has 5 nitrogen and oxygen atoms in total. The number of amides is 1. The second-order valence-electron chi connectivity index (χ2n) is 5.34. The molecule has 1 aliphatic rings. The van der Waals surface area contributed by atoms with Crippen molar-refractivity contribution in [3.05, 3.63) is 29.3 Å². The number of likely N-dealkylation sites (tertiary alicyclic amines) is 1. The molecule has 0 radical (unpaired) electrons. The molecule has 1 heterocycles. The Hall–Kier alpha value is -1.46. The number of anilines is 1. The van der Waals surface area contributed by atoms with Gasteiger partial charge in [-0.15, -0.1) is 0 Å². The third kappa shape index (κ3) is 4.25. The number of benzene rings is 1. The topological polar surface area (TPSA) is 69.8 Å². The van der Waals surface area contributed by atoms with Gasteiger partial charge in [0.05, 0.1) is 0 Å². The molecule has 2 rings (SSSR count). The zero-order valence-electron chi connectivity index (χ0n) is 12.0. The van der Waals surface area contributed by atoms with Crippen LogP contribution in [0.3, 0.4) is 0 Å². The van der Waals surface area contributed by atoms with Gasteiger partial charge in [0, 0.05) is 36.4 Å². The van der Waals surface area contributed by atoms with Gasteiger partial charge < -0.3 is 20.6 Å². The van der Waals surface area contributed by atoms with Gasteiger partial charge in [-0.2, -0.15) is 0 Å². The lowest BCUT2D eigenvalue weighted by Crippen LogP contribution is -2.50. The van der Waals surface area contributed by atoms with Crippen molar-refractivity contribution < 1.29 is 9.90 Å². The van der Waals surface area contributed by atoms with Gasteiger partial charge >= 0.3 is 6.09 Å². The van der Waals surface area contributed by atoms with E-state index in [1.165, 1.54) is 4.90 Å². The predicted octanol–water partition coefficient (Wildman–Crippen LogP) is 2.64. The minimum atomic E-state index is -0.843. The van der Waals surface area contributed by atoms with E-state index in [1.54, 1.807) is 0 Å². The molecule has 0 saturated carbocycles. The first kappa shape index (κ1) is 15.9. The molecule has 1 atom stereocenters. The van der Waals surface area contributed by atoms with Crippen LogP contribution in [0.1, 0.15) is 19.3 Å². The van der Waals surface area contributed by atoms with E-state index in [0.717, 1.165) is 31.5 Å². The van der Waals surface area contributed by atoms with Crippen LogP contribution >= 0.6 is 11.6 Å². The highest BCUT2D eigenvalue weighted by molar-refractivity contribution is 6.30. The number of halogens is 1. The number of carboxylic acid groups (broad SMARTS) is 1. The summed E-state index contributed by atoms with van der Waals surface area (Å²) >= 11 is 6.09. The molecular formula is C15H22ClN3O2. The summed E-state index contributed by atoms with van der Waals surface area (Å²) < 4.78 is 0. The minimum absolute atomic E-state index is 0.180. The van der Waals surface area contributed by atoms with Crippen LogP contribution in [0.15, 0.2) is 24.3 Å². The summed E-state index contributed by atoms with van der Waals surface area (Å²) in [7, 11) is 0. The molecule has 0 bridgehead atoms. The Morgan fingerprint density at radius 2 is 2.33 bits per heavy atom. The fourth-order valence-corrected chi connectivity index (χ4v) is 3.01. The lowest BCUT2D eigenvalue weighted by molar-refractivity contribution is 0.129. The molecule has 1 aromatic rings. The van der Waals surface area contributed by atoms with Crippen LogP contribution in [-0.4, -0.2) is 48.3 Å². The molecule has 1 aliphatic heterocycles. The third-order valence-electron chi connectivity index (χ3n) is 3.85. The summed E-state index contributed by atoms with van der Waals surface area (Å²) in [5.41, 5.74) is 6.67. The normalized spacial score (nSPS) is 18.6. The molecule has 0 spiro atoms. The standard InChI is InChI=1S/C15H22ClN3O2/c16-12-4-1-5-13(10-12)19(9-3-7-17)14-6-2-8-18(11-14)15(20)21/h1,4-5,10,14H,2-3,6-9,11,17H2,(H,20,21). The van der Waals surface area contributed by atoms with Crippen LogP contribution in [0.25, 0.3) is 0 Å². The Balaban J connectivity index is 2.17. The third-order valence-corrected chi connectivity index (χ3v) is 4.09. The zero-order valence-corrected chi connectivity index (χ0v) is 12.8. The van der Waals surface area contributed by atoms with E-state index in [1.807, 2.05) is 24.3 Å². The van der Waals surface area contributed by atoms with Crippen molar-refractivity contribution in [1.29, 1.82) is 0 Å². The molecule has 0 aliphatic carbocycles. The van der Waals surface area contributed by atoms with Gasteiger partial charge in [-0.1, -0.05) is 17.7 Å². The molecular weight excluding hydrogens is 290 g/mol. The summed E-state index contributed by atoms with van der Waals surface area (Å²) in [5.74, 6) is 0. The van der Waals surface area contributed by atoms with Crippen LogP contribution in [0.2, 0.25) is 5.02 Å². The number of nitrogens with zero attached hydrogens (tertiary/aromatic N) is 2. The van der Waals surface area contributed by atoms with E-state index >= 15 is 0 Å². The Labute approximate surface area is 130 Å². The van der Waals surface area contributed by atoms with Crippen LogP contribution in [0.4, 0.5) is 10.5 Å².